The van der Waals surface area contributed by atoms with Gasteiger partial charge in [0.05, 0.1) is 10.0 Å². The lowest BCUT2D eigenvalue weighted by atomic mass is 10.1. The number of carbonyl (C=O) groups excluding carboxylic acids is 2. The van der Waals surface area contributed by atoms with Gasteiger partial charge < -0.3 is 15.3 Å². The molecule has 0 bridgehead atoms. The summed E-state index contributed by atoms with van der Waals surface area (Å²) >= 11 is 11.8. The molecule has 1 aliphatic rings. The first-order chi connectivity index (χ1) is 12.3. The second kappa shape index (κ2) is 9.05. The van der Waals surface area contributed by atoms with Crippen LogP contribution in [0.4, 0.5) is 0 Å². The van der Waals surface area contributed by atoms with Crippen LogP contribution in [-0.2, 0) is 9.59 Å². The molecule has 0 radical (unpaired) electrons. The van der Waals surface area contributed by atoms with Crippen LogP contribution in [0.15, 0.2) is 30.9 Å². The number of nitrogens with zero attached hydrogens (tertiary/aromatic N) is 1. The number of hydrogen-bond donors (Lipinski definition) is 2. The minimum absolute atomic E-state index is 0.248. The van der Waals surface area contributed by atoms with Crippen molar-refractivity contribution in [2.75, 3.05) is 6.54 Å². The summed E-state index contributed by atoms with van der Waals surface area (Å²) in [5.41, 5.74) is 0.334. The normalized spacial score (nSPS) is 17.6. The van der Waals surface area contributed by atoms with E-state index < -0.39 is 24.0 Å². The van der Waals surface area contributed by atoms with Gasteiger partial charge in [-0.05, 0) is 43.9 Å². The van der Waals surface area contributed by atoms with Crippen LogP contribution < -0.4 is 5.32 Å². The lowest BCUT2D eigenvalue weighted by Gasteiger charge is -2.25. The Hall–Kier alpha value is -2.05. The number of halogens is 2. The average molecular weight is 399 g/mol. The Morgan fingerprint density at radius 3 is 2.69 bits per heavy atom. The predicted octanol–water partition coefficient (Wildman–Crippen LogP) is 3.13. The van der Waals surface area contributed by atoms with Crippen LogP contribution in [0.5, 0.6) is 0 Å². The van der Waals surface area contributed by atoms with Crippen molar-refractivity contribution in [3.63, 3.8) is 0 Å². The van der Waals surface area contributed by atoms with Crippen molar-refractivity contribution >= 4 is 41.0 Å². The number of carbonyl (C=O) groups is 3. The number of hydrogen-bond acceptors (Lipinski definition) is 3. The summed E-state index contributed by atoms with van der Waals surface area (Å²) < 4.78 is 0. The van der Waals surface area contributed by atoms with E-state index in [1.807, 2.05) is 0 Å². The van der Waals surface area contributed by atoms with Crippen LogP contribution in [0, 0.1) is 0 Å². The van der Waals surface area contributed by atoms with Crippen LogP contribution in [0.1, 0.15) is 36.0 Å². The molecule has 2 rings (SSSR count). The summed E-state index contributed by atoms with van der Waals surface area (Å²) in [4.78, 5) is 38.0. The van der Waals surface area contributed by atoms with Gasteiger partial charge in [0, 0.05) is 12.1 Å². The Balaban J connectivity index is 2.11. The number of nitrogens with one attached hydrogen (secondary N) is 1. The van der Waals surface area contributed by atoms with E-state index in [0.717, 1.165) is 0 Å². The van der Waals surface area contributed by atoms with E-state index in [9.17, 15) is 19.5 Å². The number of likely N-dealkylation sites (tertiary alicyclic amines) is 1. The second-order valence-corrected chi connectivity index (χ2v) is 6.87. The smallest absolute Gasteiger partial charge is 0.326 e. The van der Waals surface area contributed by atoms with Crippen LogP contribution in [-0.4, -0.2) is 46.4 Å². The van der Waals surface area contributed by atoms with Gasteiger partial charge in [0.25, 0.3) is 5.91 Å². The Labute approximate surface area is 161 Å². The van der Waals surface area contributed by atoms with Gasteiger partial charge in [0.15, 0.2) is 0 Å². The molecule has 0 spiro atoms. The molecular weight excluding hydrogens is 379 g/mol. The molecule has 0 saturated carbocycles. The van der Waals surface area contributed by atoms with Crippen molar-refractivity contribution < 1.29 is 19.5 Å². The van der Waals surface area contributed by atoms with Crippen LogP contribution in [0.2, 0.25) is 10.0 Å². The molecule has 1 heterocycles. The zero-order valence-corrected chi connectivity index (χ0v) is 15.6. The zero-order valence-electron chi connectivity index (χ0n) is 14.1. The number of carboxylic acid groups (broad SMARTS) is 1. The van der Waals surface area contributed by atoms with Gasteiger partial charge in [-0.15, -0.1) is 6.58 Å². The van der Waals surface area contributed by atoms with Gasteiger partial charge in [-0.2, -0.15) is 0 Å². The quantitative estimate of drug-likeness (QED) is 0.690. The summed E-state index contributed by atoms with van der Waals surface area (Å²) in [6.45, 7) is 3.97. The molecule has 8 heteroatoms. The van der Waals surface area contributed by atoms with Crippen molar-refractivity contribution in [1.29, 1.82) is 0 Å². The number of rotatable bonds is 7. The van der Waals surface area contributed by atoms with E-state index in [4.69, 9.17) is 23.2 Å². The molecule has 6 nitrogen and oxygen atoms in total. The van der Waals surface area contributed by atoms with Crippen LogP contribution in [0.3, 0.4) is 0 Å². The molecule has 1 aromatic rings. The summed E-state index contributed by atoms with van der Waals surface area (Å²) in [6, 6.07) is 2.82. The molecular formula is C18H20Cl2N2O4. The first-order valence-corrected chi connectivity index (χ1v) is 9.00. The molecule has 2 amide bonds. The lowest BCUT2D eigenvalue weighted by molar-refractivity contribution is -0.142. The highest BCUT2D eigenvalue weighted by Crippen LogP contribution is 2.26. The fourth-order valence-electron chi connectivity index (χ4n) is 2.89. The Bertz CT molecular complexity index is 723. The maximum Gasteiger partial charge on any atom is 0.326 e. The molecule has 0 aromatic heterocycles. The number of carboxylic acids is 1. The molecule has 1 aliphatic heterocycles. The van der Waals surface area contributed by atoms with Gasteiger partial charge in [-0.3, -0.25) is 9.59 Å². The number of allylic oxidation sites excluding steroid dienone is 1. The van der Waals surface area contributed by atoms with E-state index in [1.54, 1.807) is 12.1 Å². The summed E-state index contributed by atoms with van der Waals surface area (Å²) in [6.07, 6.45) is 3.45. The van der Waals surface area contributed by atoms with Crippen LogP contribution in [0.25, 0.3) is 0 Å². The third-order valence-electron chi connectivity index (χ3n) is 4.26. The third kappa shape index (κ3) is 4.77. The molecule has 140 valence electrons. The molecule has 0 aliphatic carbocycles. The molecule has 2 atom stereocenters. The highest BCUT2D eigenvalue weighted by Gasteiger charge is 2.36. The summed E-state index contributed by atoms with van der Waals surface area (Å²) in [5.74, 6) is -1.91. The maximum absolute atomic E-state index is 12.7. The van der Waals surface area contributed by atoms with Gasteiger partial charge in [-0.1, -0.05) is 29.3 Å². The third-order valence-corrected chi connectivity index (χ3v) is 5.00. The highest BCUT2D eigenvalue weighted by atomic mass is 35.5. The molecule has 26 heavy (non-hydrogen) atoms. The first-order valence-electron chi connectivity index (χ1n) is 8.25. The topological polar surface area (TPSA) is 86.7 Å². The molecule has 1 fully saturated rings. The largest absolute Gasteiger partial charge is 0.480 e. The summed E-state index contributed by atoms with van der Waals surface area (Å²) in [7, 11) is 0. The fourth-order valence-corrected chi connectivity index (χ4v) is 3.19. The minimum Gasteiger partial charge on any atom is -0.480 e. The standard InChI is InChI=1S/C18H20Cl2N2O4/c1-2-3-5-14(18(25)26)21-16(23)15-6-4-9-22(15)17(24)11-7-8-12(19)13(20)10-11/h2,7-8,10,14-15H,1,3-6,9H2,(H,21,23)(H,25,26). The first kappa shape index (κ1) is 20.3. The van der Waals surface area contributed by atoms with Gasteiger partial charge in [0.1, 0.15) is 12.1 Å². The van der Waals surface area contributed by atoms with Crippen molar-refractivity contribution in [3.05, 3.63) is 46.5 Å². The minimum atomic E-state index is -1.11. The maximum atomic E-state index is 12.7. The Morgan fingerprint density at radius 2 is 2.08 bits per heavy atom. The van der Waals surface area contributed by atoms with Crippen molar-refractivity contribution in [2.24, 2.45) is 0 Å². The highest BCUT2D eigenvalue weighted by molar-refractivity contribution is 6.42. The van der Waals surface area contributed by atoms with E-state index in [0.29, 0.717) is 36.4 Å². The summed E-state index contributed by atoms with van der Waals surface area (Å²) in [5, 5.41) is 12.4. The fraction of sp³-hybridized carbons (Fsp3) is 0.389. The van der Waals surface area contributed by atoms with Crippen LogP contribution >= 0.6 is 23.2 Å². The number of amides is 2. The van der Waals surface area contributed by atoms with Crippen molar-refractivity contribution in [1.82, 2.24) is 10.2 Å². The number of benzene rings is 1. The monoisotopic (exact) mass is 398 g/mol. The van der Waals surface area contributed by atoms with E-state index in [-0.39, 0.29) is 17.4 Å². The second-order valence-electron chi connectivity index (χ2n) is 6.05. The SMILES string of the molecule is C=CCCC(NC(=O)C1CCCN1C(=O)c1ccc(Cl)c(Cl)c1)C(=O)O. The molecule has 1 saturated heterocycles. The lowest BCUT2D eigenvalue weighted by Crippen LogP contribution is -2.50. The molecule has 1 aromatic carbocycles. The van der Waals surface area contributed by atoms with Gasteiger partial charge >= 0.3 is 5.97 Å². The zero-order chi connectivity index (χ0) is 19.3. The Morgan fingerprint density at radius 1 is 1.35 bits per heavy atom. The van der Waals surface area contributed by atoms with E-state index in [1.165, 1.54) is 17.0 Å². The Kier molecular flexibility index (Phi) is 7.06. The predicted molar refractivity (Wildman–Crippen MR) is 99.5 cm³/mol. The molecule has 2 N–H and O–H groups in total. The van der Waals surface area contributed by atoms with E-state index >= 15 is 0 Å². The van der Waals surface area contributed by atoms with Crippen molar-refractivity contribution in [2.45, 2.75) is 37.8 Å². The molecule has 2 unspecified atom stereocenters. The van der Waals surface area contributed by atoms with Gasteiger partial charge in [-0.25, -0.2) is 4.79 Å². The van der Waals surface area contributed by atoms with E-state index in [2.05, 4.69) is 11.9 Å². The van der Waals surface area contributed by atoms with Crippen molar-refractivity contribution in [3.8, 4) is 0 Å². The average Bonchev–Trinajstić information content (AvgIpc) is 3.09. The van der Waals surface area contributed by atoms with Gasteiger partial charge in [0.2, 0.25) is 5.91 Å². The number of aliphatic carboxylic acids is 1.